The second-order valence-corrected chi connectivity index (χ2v) is 14.6. The summed E-state index contributed by atoms with van der Waals surface area (Å²) in [5.74, 6) is 0.702. The van der Waals surface area contributed by atoms with Crippen molar-refractivity contribution >= 4 is 32.7 Å². The number of fused-ring (bicyclic) bond motifs is 8. The molecule has 0 amide bonds. The molecule has 10 aromatic rings. The number of aromatic nitrogens is 2. The predicted octanol–water partition coefficient (Wildman–Crippen LogP) is 13.5. The molecule has 1 atom stereocenters. The van der Waals surface area contributed by atoms with Gasteiger partial charge >= 0.3 is 0 Å². The second kappa shape index (κ2) is 12.2. The van der Waals surface area contributed by atoms with Gasteiger partial charge in [0.25, 0.3) is 0 Å². The summed E-state index contributed by atoms with van der Waals surface area (Å²) in [6.45, 7) is 2.36. The SMILES string of the molecule is CC1(c2ccccc2)c2ccccc2-c2c(-c3cc(-c4ccc(-c5cc6ccccc6c6oc7ccccc7c56)cc4)nc(-c4ccccc4)n3)cccc21. The first-order valence-corrected chi connectivity index (χ1v) is 18.8. The molecule has 0 spiro atoms. The smallest absolute Gasteiger partial charge is 0.160 e. The number of benzene rings is 8. The Labute approximate surface area is 319 Å². The van der Waals surface area contributed by atoms with Gasteiger partial charge in [-0.3, -0.25) is 0 Å². The van der Waals surface area contributed by atoms with Gasteiger partial charge in [0.2, 0.25) is 0 Å². The molecule has 0 saturated carbocycles. The van der Waals surface area contributed by atoms with E-state index in [0.29, 0.717) is 5.82 Å². The van der Waals surface area contributed by atoms with Gasteiger partial charge in [0.15, 0.2) is 5.82 Å². The lowest BCUT2D eigenvalue weighted by Gasteiger charge is -2.28. The zero-order valence-corrected chi connectivity index (χ0v) is 30.2. The summed E-state index contributed by atoms with van der Waals surface area (Å²) in [5, 5.41) is 4.53. The van der Waals surface area contributed by atoms with Gasteiger partial charge in [0.1, 0.15) is 11.2 Å². The monoisotopic (exact) mass is 702 g/mol. The summed E-state index contributed by atoms with van der Waals surface area (Å²) in [7, 11) is 0. The molecule has 55 heavy (non-hydrogen) atoms. The maximum absolute atomic E-state index is 6.51. The van der Waals surface area contributed by atoms with E-state index in [0.717, 1.165) is 71.9 Å². The fraction of sp³-hybridized carbons (Fsp3) is 0.0385. The molecule has 1 unspecified atom stereocenters. The third kappa shape index (κ3) is 4.83. The van der Waals surface area contributed by atoms with E-state index in [9.17, 15) is 0 Å². The second-order valence-electron chi connectivity index (χ2n) is 14.6. The van der Waals surface area contributed by atoms with E-state index >= 15 is 0 Å². The van der Waals surface area contributed by atoms with Crippen molar-refractivity contribution in [3.8, 4) is 56.2 Å². The topological polar surface area (TPSA) is 38.9 Å². The van der Waals surface area contributed by atoms with Gasteiger partial charge in [-0.15, -0.1) is 0 Å². The van der Waals surface area contributed by atoms with Gasteiger partial charge in [0, 0.05) is 38.3 Å². The molecule has 3 nitrogen and oxygen atoms in total. The summed E-state index contributed by atoms with van der Waals surface area (Å²) in [4.78, 5) is 10.5. The molecule has 2 heterocycles. The molecule has 0 radical (unpaired) electrons. The maximum atomic E-state index is 6.51. The molecule has 3 heteroatoms. The summed E-state index contributed by atoms with van der Waals surface area (Å²) in [6.07, 6.45) is 0. The van der Waals surface area contributed by atoms with Crippen molar-refractivity contribution in [1.82, 2.24) is 9.97 Å². The minimum atomic E-state index is -0.300. The maximum Gasteiger partial charge on any atom is 0.160 e. The van der Waals surface area contributed by atoms with Crippen molar-refractivity contribution in [2.24, 2.45) is 0 Å². The third-order valence-corrected chi connectivity index (χ3v) is 11.6. The van der Waals surface area contributed by atoms with Crippen LogP contribution in [-0.2, 0) is 5.41 Å². The van der Waals surface area contributed by atoms with E-state index in [1.807, 2.05) is 24.3 Å². The molecule has 1 aliphatic carbocycles. The van der Waals surface area contributed by atoms with Gasteiger partial charge < -0.3 is 4.42 Å². The summed E-state index contributed by atoms with van der Waals surface area (Å²) >= 11 is 0. The Morgan fingerprint density at radius 3 is 1.93 bits per heavy atom. The molecular weight excluding hydrogens is 669 g/mol. The molecule has 2 aromatic heterocycles. The minimum Gasteiger partial charge on any atom is -0.455 e. The lowest BCUT2D eigenvalue weighted by molar-refractivity contribution is 0.673. The Bertz CT molecular complexity index is 3090. The molecule has 0 fully saturated rings. The van der Waals surface area contributed by atoms with Crippen molar-refractivity contribution in [3.05, 3.63) is 205 Å². The molecule has 11 rings (SSSR count). The zero-order chi connectivity index (χ0) is 36.5. The van der Waals surface area contributed by atoms with Gasteiger partial charge in [-0.1, -0.05) is 170 Å². The Hall–Kier alpha value is -7.10. The first-order valence-electron chi connectivity index (χ1n) is 18.8. The third-order valence-electron chi connectivity index (χ3n) is 11.6. The van der Waals surface area contributed by atoms with Crippen LogP contribution in [0.15, 0.2) is 192 Å². The average molecular weight is 703 g/mol. The molecule has 0 bridgehead atoms. The van der Waals surface area contributed by atoms with E-state index in [2.05, 4.69) is 171 Å². The molecule has 0 N–H and O–H groups in total. The molecule has 8 aromatic carbocycles. The highest BCUT2D eigenvalue weighted by atomic mass is 16.3. The largest absolute Gasteiger partial charge is 0.455 e. The van der Waals surface area contributed by atoms with E-state index in [1.165, 1.54) is 27.8 Å². The van der Waals surface area contributed by atoms with Crippen molar-refractivity contribution in [2.45, 2.75) is 12.3 Å². The van der Waals surface area contributed by atoms with Crippen LogP contribution in [0.4, 0.5) is 0 Å². The number of nitrogens with zero attached hydrogens (tertiary/aromatic N) is 2. The van der Waals surface area contributed by atoms with E-state index in [1.54, 1.807) is 0 Å². The lowest BCUT2D eigenvalue weighted by Crippen LogP contribution is -2.22. The summed E-state index contributed by atoms with van der Waals surface area (Å²) in [6, 6.07) is 66.8. The Kier molecular flexibility index (Phi) is 6.99. The van der Waals surface area contributed by atoms with Gasteiger partial charge in [-0.2, -0.15) is 0 Å². The van der Waals surface area contributed by atoms with Crippen LogP contribution in [0.25, 0.3) is 88.9 Å². The van der Waals surface area contributed by atoms with Crippen LogP contribution in [0, 0.1) is 0 Å². The molecule has 258 valence electrons. The molecule has 1 aliphatic rings. The fourth-order valence-corrected chi connectivity index (χ4v) is 8.89. The lowest BCUT2D eigenvalue weighted by atomic mass is 9.74. The highest BCUT2D eigenvalue weighted by molar-refractivity contribution is 6.21. The zero-order valence-electron chi connectivity index (χ0n) is 30.2. The minimum absolute atomic E-state index is 0.300. The van der Waals surface area contributed by atoms with Crippen LogP contribution in [0.1, 0.15) is 23.6 Å². The Balaban J connectivity index is 1.09. The molecular formula is C52H34N2O. The summed E-state index contributed by atoms with van der Waals surface area (Å²) in [5.41, 5.74) is 15.0. The van der Waals surface area contributed by atoms with Crippen molar-refractivity contribution in [1.29, 1.82) is 0 Å². The number of para-hydroxylation sites is 1. The van der Waals surface area contributed by atoms with E-state index in [4.69, 9.17) is 14.4 Å². The van der Waals surface area contributed by atoms with Crippen LogP contribution < -0.4 is 0 Å². The summed E-state index contributed by atoms with van der Waals surface area (Å²) < 4.78 is 6.51. The Morgan fingerprint density at radius 2 is 1.09 bits per heavy atom. The number of rotatable bonds is 5. The van der Waals surface area contributed by atoms with Gasteiger partial charge in [-0.25, -0.2) is 9.97 Å². The first kappa shape index (κ1) is 31.4. The highest BCUT2D eigenvalue weighted by Crippen LogP contribution is 2.55. The van der Waals surface area contributed by atoms with Gasteiger partial charge in [0.05, 0.1) is 11.4 Å². The van der Waals surface area contributed by atoms with Crippen molar-refractivity contribution < 1.29 is 4.42 Å². The van der Waals surface area contributed by atoms with E-state index < -0.39 is 0 Å². The molecule has 0 saturated heterocycles. The predicted molar refractivity (Wildman–Crippen MR) is 226 cm³/mol. The van der Waals surface area contributed by atoms with Crippen LogP contribution >= 0.6 is 0 Å². The van der Waals surface area contributed by atoms with E-state index in [-0.39, 0.29) is 5.41 Å². The highest BCUT2D eigenvalue weighted by Gasteiger charge is 2.41. The van der Waals surface area contributed by atoms with Crippen LogP contribution in [-0.4, -0.2) is 9.97 Å². The number of furan rings is 1. The standard InChI is InChI=1S/C52H34N2O/c1-52(37-18-6-3-7-19-37)43-24-12-10-21-39(43)48-40(23-14-25-44(48)52)46-32-45(53-51(54-46)35-15-4-2-5-16-35)34-29-27-33(28-30-34)42-31-36-17-8-9-20-38(36)50-49(42)41-22-11-13-26-47(41)55-50/h2-32H,1H3. The normalized spacial score (nSPS) is 14.7. The molecule has 0 aliphatic heterocycles. The van der Waals surface area contributed by atoms with Crippen LogP contribution in [0.3, 0.4) is 0 Å². The number of hydrogen-bond acceptors (Lipinski definition) is 3. The number of hydrogen-bond donors (Lipinski definition) is 0. The van der Waals surface area contributed by atoms with Crippen LogP contribution in [0.5, 0.6) is 0 Å². The van der Waals surface area contributed by atoms with Crippen molar-refractivity contribution in [3.63, 3.8) is 0 Å². The Morgan fingerprint density at radius 1 is 0.455 bits per heavy atom. The quantitative estimate of drug-likeness (QED) is 0.179. The van der Waals surface area contributed by atoms with Gasteiger partial charge in [-0.05, 0) is 69.5 Å². The van der Waals surface area contributed by atoms with Crippen LogP contribution in [0.2, 0.25) is 0 Å². The average Bonchev–Trinajstić information content (AvgIpc) is 3.78. The van der Waals surface area contributed by atoms with Crippen molar-refractivity contribution in [2.75, 3.05) is 0 Å². The fourth-order valence-electron chi connectivity index (χ4n) is 8.89. The first-order chi connectivity index (χ1) is 27.1.